The number of carbonyl (C=O) groups excluding carboxylic acids is 2. The Bertz CT molecular complexity index is 1030. The van der Waals surface area contributed by atoms with Crippen LogP contribution in [0.1, 0.15) is 21.6 Å². The van der Waals surface area contributed by atoms with Crippen molar-refractivity contribution in [3.63, 3.8) is 0 Å². The molecule has 3 aromatic rings. The molecule has 1 aromatic heterocycles. The van der Waals surface area contributed by atoms with Gasteiger partial charge < -0.3 is 10.1 Å². The number of ether oxygens (including phenoxy) is 1. The summed E-state index contributed by atoms with van der Waals surface area (Å²) in [5.74, 6) is -0.756. The fourth-order valence-electron chi connectivity index (χ4n) is 2.51. The van der Waals surface area contributed by atoms with Gasteiger partial charge in [-0.15, -0.1) is 0 Å². The first-order valence-corrected chi connectivity index (χ1v) is 9.15. The number of benzene rings is 2. The van der Waals surface area contributed by atoms with Crippen molar-refractivity contribution in [3.8, 4) is 5.69 Å². The van der Waals surface area contributed by atoms with Gasteiger partial charge in [-0.2, -0.15) is 5.10 Å². The van der Waals surface area contributed by atoms with Crippen LogP contribution < -0.4 is 5.32 Å². The summed E-state index contributed by atoms with van der Waals surface area (Å²) in [5.41, 5.74) is 2.75. The van der Waals surface area contributed by atoms with Crippen LogP contribution in [0.3, 0.4) is 0 Å². The van der Waals surface area contributed by atoms with E-state index >= 15 is 0 Å². The molecule has 0 aliphatic carbocycles. The highest BCUT2D eigenvalue weighted by atomic mass is 35.5. The van der Waals surface area contributed by atoms with Gasteiger partial charge in [-0.25, -0.2) is 9.48 Å². The second kappa shape index (κ2) is 8.46. The third-order valence-corrected chi connectivity index (χ3v) is 4.42. The SMILES string of the molecule is Cc1ccc(-n2nc(C)cc2NC(=O)COC(=O)c2cc(Cl)ccc2Cl)cc1. The molecule has 0 saturated carbocycles. The van der Waals surface area contributed by atoms with E-state index in [2.05, 4.69) is 10.4 Å². The predicted molar refractivity (Wildman–Crippen MR) is 108 cm³/mol. The monoisotopic (exact) mass is 417 g/mol. The lowest BCUT2D eigenvalue weighted by Gasteiger charge is -2.10. The van der Waals surface area contributed by atoms with Crippen molar-refractivity contribution in [2.24, 2.45) is 0 Å². The highest BCUT2D eigenvalue weighted by Gasteiger charge is 2.16. The standard InChI is InChI=1S/C20H17Cl2N3O3/c1-12-3-6-15(7-4-12)25-18(9-13(2)24-25)23-19(26)11-28-20(27)16-10-14(21)5-8-17(16)22/h3-10H,11H2,1-2H3,(H,23,26). The molecule has 28 heavy (non-hydrogen) atoms. The molecule has 0 fully saturated rings. The van der Waals surface area contributed by atoms with Gasteiger partial charge in [0.25, 0.3) is 5.91 Å². The Kier molecular flexibility index (Phi) is 6.02. The summed E-state index contributed by atoms with van der Waals surface area (Å²) >= 11 is 11.8. The van der Waals surface area contributed by atoms with E-state index < -0.39 is 18.5 Å². The molecule has 2 aromatic carbocycles. The number of carbonyl (C=O) groups is 2. The average Bonchev–Trinajstić information content (AvgIpc) is 3.02. The van der Waals surface area contributed by atoms with Crippen molar-refractivity contribution >= 4 is 40.9 Å². The Morgan fingerprint density at radius 2 is 1.79 bits per heavy atom. The number of rotatable bonds is 5. The molecule has 144 valence electrons. The zero-order chi connectivity index (χ0) is 20.3. The maximum absolute atomic E-state index is 12.3. The summed E-state index contributed by atoms with van der Waals surface area (Å²) in [5, 5.41) is 7.64. The molecule has 0 bridgehead atoms. The van der Waals surface area contributed by atoms with Crippen molar-refractivity contribution in [1.29, 1.82) is 0 Å². The highest BCUT2D eigenvalue weighted by Crippen LogP contribution is 2.21. The maximum atomic E-state index is 12.3. The van der Waals surface area contributed by atoms with E-state index in [9.17, 15) is 9.59 Å². The minimum absolute atomic E-state index is 0.0995. The van der Waals surface area contributed by atoms with Gasteiger partial charge in [0.15, 0.2) is 6.61 Å². The summed E-state index contributed by atoms with van der Waals surface area (Å²) in [7, 11) is 0. The zero-order valence-electron chi connectivity index (χ0n) is 15.2. The second-order valence-electron chi connectivity index (χ2n) is 6.17. The molecule has 0 spiro atoms. The number of nitrogens with one attached hydrogen (secondary N) is 1. The number of halogens is 2. The molecular weight excluding hydrogens is 401 g/mol. The number of hydrogen-bond acceptors (Lipinski definition) is 4. The fraction of sp³-hybridized carbons (Fsp3) is 0.150. The van der Waals surface area contributed by atoms with E-state index in [1.165, 1.54) is 12.1 Å². The Balaban J connectivity index is 1.68. The smallest absolute Gasteiger partial charge is 0.340 e. The molecule has 1 amide bonds. The molecule has 6 nitrogen and oxygen atoms in total. The minimum atomic E-state index is -0.731. The minimum Gasteiger partial charge on any atom is -0.452 e. The number of anilines is 1. The van der Waals surface area contributed by atoms with Crippen LogP contribution >= 0.6 is 23.2 Å². The zero-order valence-corrected chi connectivity index (χ0v) is 16.7. The molecular formula is C20H17Cl2N3O3. The Morgan fingerprint density at radius 3 is 2.50 bits per heavy atom. The van der Waals surface area contributed by atoms with Crippen LogP contribution in [-0.4, -0.2) is 28.3 Å². The van der Waals surface area contributed by atoms with E-state index in [-0.39, 0.29) is 10.6 Å². The first-order chi connectivity index (χ1) is 13.3. The van der Waals surface area contributed by atoms with Gasteiger partial charge in [-0.05, 0) is 44.2 Å². The number of aromatic nitrogens is 2. The van der Waals surface area contributed by atoms with E-state index in [4.69, 9.17) is 27.9 Å². The van der Waals surface area contributed by atoms with Crippen LogP contribution in [0.25, 0.3) is 5.69 Å². The van der Waals surface area contributed by atoms with E-state index in [1.807, 2.05) is 38.1 Å². The summed E-state index contributed by atoms with van der Waals surface area (Å²) in [6.07, 6.45) is 0. The van der Waals surface area contributed by atoms with Crippen LogP contribution in [0.4, 0.5) is 5.82 Å². The van der Waals surface area contributed by atoms with Gasteiger partial charge in [-0.3, -0.25) is 4.79 Å². The number of hydrogen-bond donors (Lipinski definition) is 1. The lowest BCUT2D eigenvalue weighted by atomic mass is 10.2. The van der Waals surface area contributed by atoms with Crippen LogP contribution in [0, 0.1) is 13.8 Å². The Labute approximate surface area is 172 Å². The van der Waals surface area contributed by atoms with Crippen LogP contribution in [0.2, 0.25) is 10.0 Å². The van der Waals surface area contributed by atoms with Gasteiger partial charge in [0.2, 0.25) is 0 Å². The largest absolute Gasteiger partial charge is 0.452 e. The van der Waals surface area contributed by atoms with Gasteiger partial charge in [-0.1, -0.05) is 40.9 Å². The van der Waals surface area contributed by atoms with Crippen LogP contribution in [0.5, 0.6) is 0 Å². The fourth-order valence-corrected chi connectivity index (χ4v) is 2.88. The Hall–Kier alpha value is -2.83. The molecule has 0 aliphatic rings. The molecule has 1 N–H and O–H groups in total. The van der Waals surface area contributed by atoms with E-state index in [0.29, 0.717) is 10.8 Å². The average molecular weight is 418 g/mol. The number of esters is 1. The van der Waals surface area contributed by atoms with Gasteiger partial charge >= 0.3 is 5.97 Å². The van der Waals surface area contributed by atoms with E-state index in [1.54, 1.807) is 16.8 Å². The van der Waals surface area contributed by atoms with Crippen molar-refractivity contribution in [2.75, 3.05) is 11.9 Å². The Morgan fingerprint density at radius 1 is 1.07 bits per heavy atom. The van der Waals surface area contributed by atoms with Gasteiger partial charge in [0.1, 0.15) is 5.82 Å². The predicted octanol–water partition coefficient (Wildman–Crippen LogP) is 4.59. The summed E-state index contributed by atoms with van der Waals surface area (Å²) in [6.45, 7) is 3.34. The summed E-state index contributed by atoms with van der Waals surface area (Å²) < 4.78 is 6.66. The van der Waals surface area contributed by atoms with Crippen LogP contribution in [-0.2, 0) is 9.53 Å². The molecule has 1 heterocycles. The van der Waals surface area contributed by atoms with Crippen molar-refractivity contribution < 1.29 is 14.3 Å². The molecule has 0 unspecified atom stereocenters. The third-order valence-electron chi connectivity index (χ3n) is 3.86. The summed E-state index contributed by atoms with van der Waals surface area (Å²) in [6, 6.07) is 13.9. The van der Waals surface area contributed by atoms with Gasteiger partial charge in [0.05, 0.1) is 22.0 Å². The molecule has 0 saturated heterocycles. The first kappa shape index (κ1) is 19.9. The number of nitrogens with zero attached hydrogens (tertiary/aromatic N) is 2. The molecule has 0 atom stereocenters. The third kappa shape index (κ3) is 4.71. The molecule has 8 heteroatoms. The topological polar surface area (TPSA) is 73.2 Å². The maximum Gasteiger partial charge on any atom is 0.340 e. The van der Waals surface area contributed by atoms with Gasteiger partial charge in [0, 0.05) is 11.1 Å². The molecule has 0 aliphatic heterocycles. The normalized spacial score (nSPS) is 10.6. The molecule has 3 rings (SSSR count). The molecule has 0 radical (unpaired) electrons. The van der Waals surface area contributed by atoms with E-state index in [0.717, 1.165) is 16.9 Å². The number of aryl methyl sites for hydroxylation is 2. The number of amides is 1. The van der Waals surface area contributed by atoms with Crippen LogP contribution in [0.15, 0.2) is 48.5 Å². The van der Waals surface area contributed by atoms with Crippen molar-refractivity contribution in [2.45, 2.75) is 13.8 Å². The lowest BCUT2D eigenvalue weighted by molar-refractivity contribution is -0.119. The van der Waals surface area contributed by atoms with Crippen molar-refractivity contribution in [1.82, 2.24) is 9.78 Å². The quantitative estimate of drug-likeness (QED) is 0.615. The first-order valence-electron chi connectivity index (χ1n) is 8.39. The highest BCUT2D eigenvalue weighted by molar-refractivity contribution is 6.35. The second-order valence-corrected chi connectivity index (χ2v) is 7.01. The lowest BCUT2D eigenvalue weighted by Crippen LogP contribution is -2.22. The summed E-state index contributed by atoms with van der Waals surface area (Å²) in [4.78, 5) is 24.4. The van der Waals surface area contributed by atoms with Crippen molar-refractivity contribution in [3.05, 3.63) is 75.4 Å².